The first-order valence-corrected chi connectivity index (χ1v) is 9.72. The van der Waals surface area contributed by atoms with Gasteiger partial charge in [-0.05, 0) is 73.7 Å². The molecule has 1 heterocycles. The van der Waals surface area contributed by atoms with Crippen LogP contribution in [0, 0.1) is 5.92 Å². The van der Waals surface area contributed by atoms with Gasteiger partial charge >= 0.3 is 5.97 Å². The molecule has 1 aliphatic carbocycles. The van der Waals surface area contributed by atoms with Gasteiger partial charge in [-0.1, -0.05) is 6.07 Å². The minimum atomic E-state index is -1.02. The van der Waals surface area contributed by atoms with Crippen LogP contribution < -0.4 is 14.5 Å². The van der Waals surface area contributed by atoms with Crippen molar-refractivity contribution in [3.8, 4) is 11.5 Å². The number of benzene rings is 2. The number of carbonyl (C=O) groups excluding carboxylic acids is 1. The van der Waals surface area contributed by atoms with Crippen molar-refractivity contribution in [2.75, 3.05) is 18.7 Å². The predicted molar refractivity (Wildman–Crippen MR) is 113 cm³/mol. The van der Waals surface area contributed by atoms with Crippen LogP contribution in [0.4, 0.5) is 5.69 Å². The van der Waals surface area contributed by atoms with E-state index in [1.807, 2.05) is 18.2 Å². The van der Waals surface area contributed by atoms with E-state index in [9.17, 15) is 9.59 Å². The monoisotopic (exact) mass is 406 g/mol. The van der Waals surface area contributed by atoms with E-state index in [1.165, 1.54) is 30.0 Å². The number of carboxylic acid groups (broad SMARTS) is 1. The van der Waals surface area contributed by atoms with Gasteiger partial charge in [0.15, 0.2) is 11.5 Å². The third-order valence-corrected chi connectivity index (χ3v) is 5.09. The van der Waals surface area contributed by atoms with Crippen LogP contribution in [-0.2, 0) is 4.79 Å². The number of nitrogens with zero attached hydrogens (tertiary/aromatic N) is 2. The summed E-state index contributed by atoms with van der Waals surface area (Å²) in [7, 11) is 1.59. The lowest BCUT2D eigenvalue weighted by atomic mass is 10.1. The van der Waals surface area contributed by atoms with E-state index in [1.54, 1.807) is 32.2 Å². The van der Waals surface area contributed by atoms with Crippen molar-refractivity contribution in [3.05, 3.63) is 59.2 Å². The number of aromatic carboxylic acids is 1. The van der Waals surface area contributed by atoms with Crippen molar-refractivity contribution in [1.82, 2.24) is 0 Å². The molecule has 0 unspecified atom stereocenters. The summed E-state index contributed by atoms with van der Waals surface area (Å²) in [5.74, 6) is 0.652. The third kappa shape index (κ3) is 4.05. The molecule has 0 saturated heterocycles. The van der Waals surface area contributed by atoms with Crippen LogP contribution in [0.15, 0.2) is 53.1 Å². The number of carboxylic acids is 1. The largest absolute Gasteiger partial charge is 0.493 e. The maximum Gasteiger partial charge on any atom is 0.335 e. The maximum atomic E-state index is 12.9. The van der Waals surface area contributed by atoms with E-state index >= 15 is 0 Å². The summed E-state index contributed by atoms with van der Waals surface area (Å²) in [5, 5.41) is 14.6. The molecule has 0 bridgehead atoms. The van der Waals surface area contributed by atoms with Gasteiger partial charge < -0.3 is 14.6 Å². The molecular weight excluding hydrogens is 384 g/mol. The fraction of sp³-hybridized carbons (Fsp3) is 0.261. The van der Waals surface area contributed by atoms with Gasteiger partial charge in [0.05, 0.1) is 36.3 Å². The Morgan fingerprint density at radius 2 is 1.93 bits per heavy atom. The molecule has 1 fully saturated rings. The van der Waals surface area contributed by atoms with Gasteiger partial charge in [-0.25, -0.2) is 4.79 Å². The number of hydrogen-bond acceptors (Lipinski definition) is 5. The van der Waals surface area contributed by atoms with Gasteiger partial charge in [0.25, 0.3) is 5.91 Å². The SMILES string of the molecule is COc1cc(/C=C2\C(=O)N(c3ccc(C(=O)O)cc3)N=C2C)ccc1OCC1CC1. The minimum Gasteiger partial charge on any atom is -0.493 e. The molecule has 1 amide bonds. The van der Waals surface area contributed by atoms with Crippen molar-refractivity contribution in [2.45, 2.75) is 19.8 Å². The van der Waals surface area contributed by atoms with Gasteiger partial charge in [-0.2, -0.15) is 10.1 Å². The van der Waals surface area contributed by atoms with Crippen LogP contribution in [0.1, 0.15) is 35.7 Å². The molecule has 1 N–H and O–H groups in total. The molecule has 7 heteroatoms. The molecule has 1 aliphatic heterocycles. The van der Waals surface area contributed by atoms with Gasteiger partial charge in [0.2, 0.25) is 0 Å². The molecule has 0 spiro atoms. The smallest absolute Gasteiger partial charge is 0.335 e. The number of anilines is 1. The topological polar surface area (TPSA) is 88.4 Å². The van der Waals surface area contributed by atoms with E-state index in [-0.39, 0.29) is 11.5 Å². The minimum absolute atomic E-state index is 0.151. The van der Waals surface area contributed by atoms with Crippen molar-refractivity contribution in [2.24, 2.45) is 11.0 Å². The number of hydrazone groups is 1. The highest BCUT2D eigenvalue weighted by atomic mass is 16.5. The number of ether oxygens (including phenoxy) is 2. The average Bonchev–Trinajstić information content (AvgIpc) is 3.54. The molecule has 2 aliphatic rings. The molecule has 7 nitrogen and oxygen atoms in total. The second-order valence-electron chi connectivity index (χ2n) is 7.38. The zero-order chi connectivity index (χ0) is 21.3. The first kappa shape index (κ1) is 19.7. The van der Waals surface area contributed by atoms with E-state index in [0.29, 0.717) is 41.0 Å². The number of amides is 1. The number of hydrogen-bond donors (Lipinski definition) is 1. The molecule has 0 radical (unpaired) electrons. The second kappa shape index (κ2) is 8.02. The van der Waals surface area contributed by atoms with E-state index in [0.717, 1.165) is 5.56 Å². The summed E-state index contributed by atoms with van der Waals surface area (Å²) in [6.07, 6.45) is 4.19. The molecule has 0 aromatic heterocycles. The maximum absolute atomic E-state index is 12.9. The lowest BCUT2D eigenvalue weighted by molar-refractivity contribution is -0.114. The van der Waals surface area contributed by atoms with Crippen molar-refractivity contribution >= 4 is 29.4 Å². The summed E-state index contributed by atoms with van der Waals surface area (Å²) in [4.78, 5) is 23.9. The average molecular weight is 406 g/mol. The Labute approximate surface area is 174 Å². The zero-order valence-electron chi connectivity index (χ0n) is 16.8. The Kier molecular flexibility index (Phi) is 5.27. The molecule has 2 aromatic carbocycles. The van der Waals surface area contributed by atoms with E-state index < -0.39 is 5.97 Å². The number of carbonyl (C=O) groups is 2. The fourth-order valence-corrected chi connectivity index (χ4v) is 3.16. The highest BCUT2D eigenvalue weighted by Crippen LogP contribution is 2.34. The van der Waals surface area contributed by atoms with E-state index in [4.69, 9.17) is 14.6 Å². The van der Waals surface area contributed by atoms with Crippen LogP contribution in [0.2, 0.25) is 0 Å². The van der Waals surface area contributed by atoms with Crippen LogP contribution >= 0.6 is 0 Å². The summed E-state index contributed by atoms with van der Waals surface area (Å²) in [6.45, 7) is 2.45. The Bertz CT molecular complexity index is 1050. The molecule has 2 aromatic rings. The van der Waals surface area contributed by atoms with Crippen molar-refractivity contribution < 1.29 is 24.2 Å². The molecular formula is C23H22N2O5. The predicted octanol–water partition coefficient (Wildman–Crippen LogP) is 3.99. The molecule has 1 saturated carbocycles. The summed E-state index contributed by atoms with van der Waals surface area (Å²) >= 11 is 0. The Hall–Kier alpha value is -3.61. The van der Waals surface area contributed by atoms with Gasteiger partial charge in [-0.15, -0.1) is 0 Å². The number of rotatable bonds is 7. The Balaban J connectivity index is 1.55. The van der Waals surface area contributed by atoms with Crippen molar-refractivity contribution in [1.29, 1.82) is 0 Å². The fourth-order valence-electron chi connectivity index (χ4n) is 3.16. The first-order valence-electron chi connectivity index (χ1n) is 9.72. The summed E-state index contributed by atoms with van der Waals surface area (Å²) in [6, 6.07) is 11.6. The lowest BCUT2D eigenvalue weighted by Crippen LogP contribution is -2.21. The van der Waals surface area contributed by atoms with Gasteiger partial charge in [0, 0.05) is 0 Å². The van der Waals surface area contributed by atoms with E-state index in [2.05, 4.69) is 5.10 Å². The zero-order valence-corrected chi connectivity index (χ0v) is 16.8. The molecule has 154 valence electrons. The Morgan fingerprint density at radius 1 is 1.20 bits per heavy atom. The van der Waals surface area contributed by atoms with Crippen LogP contribution in [-0.4, -0.2) is 36.4 Å². The summed E-state index contributed by atoms with van der Waals surface area (Å²) in [5.41, 5.74) is 2.50. The normalized spacial score (nSPS) is 17.3. The van der Waals surface area contributed by atoms with Crippen LogP contribution in [0.3, 0.4) is 0 Å². The summed E-state index contributed by atoms with van der Waals surface area (Å²) < 4.78 is 11.3. The van der Waals surface area contributed by atoms with Gasteiger partial charge in [0.1, 0.15) is 0 Å². The van der Waals surface area contributed by atoms with Crippen molar-refractivity contribution in [3.63, 3.8) is 0 Å². The number of methoxy groups -OCH3 is 1. The molecule has 4 rings (SSSR count). The van der Waals surface area contributed by atoms with Gasteiger partial charge in [-0.3, -0.25) is 4.79 Å². The molecule has 0 atom stereocenters. The second-order valence-corrected chi connectivity index (χ2v) is 7.38. The third-order valence-electron chi connectivity index (χ3n) is 5.09. The highest BCUT2D eigenvalue weighted by molar-refractivity contribution is 6.32. The lowest BCUT2D eigenvalue weighted by Gasteiger charge is -2.12. The highest BCUT2D eigenvalue weighted by Gasteiger charge is 2.29. The van der Waals surface area contributed by atoms with Crippen LogP contribution in [0.5, 0.6) is 11.5 Å². The van der Waals surface area contributed by atoms with Crippen LogP contribution in [0.25, 0.3) is 6.08 Å². The first-order chi connectivity index (χ1) is 14.5. The molecule has 30 heavy (non-hydrogen) atoms. The standard InChI is InChI=1S/C23H22N2O5/c1-14-19(22(26)25(24-14)18-8-6-17(7-9-18)23(27)28)11-16-5-10-20(21(12-16)29-2)30-13-15-3-4-15/h5-12,15H,3-4,13H2,1-2H3,(H,27,28)/b19-11-. The Morgan fingerprint density at radius 3 is 2.57 bits per heavy atom. The quantitative estimate of drug-likeness (QED) is 0.703.